The van der Waals surface area contributed by atoms with Gasteiger partial charge >= 0.3 is 0 Å². The quantitative estimate of drug-likeness (QED) is 0.279. The lowest BCUT2D eigenvalue weighted by molar-refractivity contribution is 0.331. The van der Waals surface area contributed by atoms with Crippen LogP contribution in [-0.2, 0) is 6.54 Å². The number of benzene rings is 2. The zero-order valence-electron chi connectivity index (χ0n) is 23.1. The van der Waals surface area contributed by atoms with Crippen molar-refractivity contribution in [1.82, 2.24) is 24.9 Å². The normalized spacial score (nSPS) is 15.8. The summed E-state index contributed by atoms with van der Waals surface area (Å²) in [6.45, 7) is 6.35. The van der Waals surface area contributed by atoms with E-state index < -0.39 is 0 Å². The highest BCUT2D eigenvalue weighted by Crippen LogP contribution is 2.39. The number of fused-ring (bicyclic) bond motifs is 2. The molecule has 0 bridgehead atoms. The molecule has 202 valence electrons. The minimum atomic E-state index is 0.180. The summed E-state index contributed by atoms with van der Waals surface area (Å²) in [5.74, 6) is 4.42. The second-order valence-corrected chi connectivity index (χ2v) is 10.9. The van der Waals surface area contributed by atoms with E-state index in [1.165, 1.54) is 18.4 Å². The molecule has 0 radical (unpaired) electrons. The molecule has 1 saturated carbocycles. The highest BCUT2D eigenvalue weighted by Gasteiger charge is 2.27. The van der Waals surface area contributed by atoms with Gasteiger partial charge in [-0.3, -0.25) is 0 Å². The van der Waals surface area contributed by atoms with Crippen molar-refractivity contribution in [2.24, 2.45) is 0 Å². The van der Waals surface area contributed by atoms with Crippen LogP contribution in [0, 0.1) is 6.92 Å². The van der Waals surface area contributed by atoms with Crippen LogP contribution < -0.4 is 14.5 Å². The first-order chi connectivity index (χ1) is 19.5. The Hall–Kier alpha value is -4.46. The van der Waals surface area contributed by atoms with Crippen LogP contribution in [0.3, 0.4) is 0 Å². The van der Waals surface area contributed by atoms with Crippen LogP contribution in [0.1, 0.15) is 54.2 Å². The largest absolute Gasteiger partial charge is 0.491 e. The van der Waals surface area contributed by atoms with E-state index in [1.54, 1.807) is 6.33 Å². The summed E-state index contributed by atoms with van der Waals surface area (Å²) in [6, 6.07) is 19.3. The second kappa shape index (κ2) is 9.93. The third-order valence-corrected chi connectivity index (χ3v) is 8.22. The van der Waals surface area contributed by atoms with E-state index in [9.17, 15) is 0 Å². The Morgan fingerprint density at radius 3 is 2.70 bits per heavy atom. The first kappa shape index (κ1) is 24.6. The summed E-state index contributed by atoms with van der Waals surface area (Å²) in [5, 5.41) is 0. The molecule has 2 aliphatic rings. The number of nitrogens with zero attached hydrogens (tertiary/aromatic N) is 6. The Balaban J connectivity index is 1.17. The van der Waals surface area contributed by atoms with Gasteiger partial charge in [0.1, 0.15) is 36.1 Å². The van der Waals surface area contributed by atoms with Gasteiger partial charge in [-0.05, 0) is 56.0 Å². The number of rotatable bonds is 6. The first-order valence-electron chi connectivity index (χ1n) is 14.0. The summed E-state index contributed by atoms with van der Waals surface area (Å²) in [4.78, 5) is 26.8. The number of hydrogen-bond donors (Lipinski definition) is 1. The maximum absolute atomic E-state index is 6.18. The minimum Gasteiger partial charge on any atom is -0.491 e. The van der Waals surface area contributed by atoms with Crippen molar-refractivity contribution in [1.29, 1.82) is 0 Å². The lowest BCUT2D eigenvalue weighted by atomic mass is 10.0. The van der Waals surface area contributed by atoms with Crippen LogP contribution in [-0.4, -0.2) is 45.1 Å². The van der Waals surface area contributed by atoms with Crippen LogP contribution in [0.25, 0.3) is 22.3 Å². The number of nitrogens with one attached hydrogen (secondary N) is 1. The van der Waals surface area contributed by atoms with Crippen LogP contribution in [0.15, 0.2) is 67.1 Å². The number of H-pyrrole nitrogens is 1. The Labute approximate surface area is 234 Å². The van der Waals surface area contributed by atoms with Gasteiger partial charge in [-0.15, -0.1) is 0 Å². The van der Waals surface area contributed by atoms with Crippen molar-refractivity contribution in [2.45, 2.75) is 45.2 Å². The summed E-state index contributed by atoms with van der Waals surface area (Å²) in [7, 11) is 2.10. The van der Waals surface area contributed by atoms with E-state index >= 15 is 0 Å². The van der Waals surface area contributed by atoms with Crippen LogP contribution in [0.5, 0.6) is 5.75 Å². The molecule has 8 nitrogen and oxygen atoms in total. The van der Waals surface area contributed by atoms with Gasteiger partial charge in [-0.2, -0.15) is 0 Å². The molecule has 0 spiro atoms. The lowest BCUT2D eigenvalue weighted by Crippen LogP contribution is -2.29. The van der Waals surface area contributed by atoms with E-state index in [-0.39, 0.29) is 6.04 Å². The highest BCUT2D eigenvalue weighted by atomic mass is 16.5. The van der Waals surface area contributed by atoms with E-state index in [1.807, 2.05) is 12.3 Å². The average molecular weight is 532 g/mol. The number of anilines is 2. The molecule has 4 heterocycles. The minimum absolute atomic E-state index is 0.180. The smallest absolute Gasteiger partial charge is 0.177 e. The highest BCUT2D eigenvalue weighted by molar-refractivity contribution is 5.78. The number of hydrogen-bond acceptors (Lipinski definition) is 7. The standard InChI is InChI=1S/C32H33N7O/c1-20-31(38(3)21(2)22-7-5-4-6-8-22)34-19-35-32(20)39-13-14-40-28-12-11-24(15-26(28)18-39)25-16-27-30(33-17-25)37-29(36-27)23-9-10-23/h4-8,11-12,15-17,19,21,23H,9-10,13-14,18H2,1-3H3,(H,33,36,37)/t21-/m0/s1. The Kier molecular flexibility index (Phi) is 6.10. The molecule has 0 amide bonds. The molecule has 0 saturated heterocycles. The molecule has 40 heavy (non-hydrogen) atoms. The molecule has 3 aromatic heterocycles. The van der Waals surface area contributed by atoms with E-state index in [0.717, 1.165) is 63.2 Å². The topological polar surface area (TPSA) is 83.1 Å². The van der Waals surface area contributed by atoms with Gasteiger partial charge in [0.05, 0.1) is 18.1 Å². The summed E-state index contributed by atoms with van der Waals surface area (Å²) in [5.41, 5.74) is 7.39. The fourth-order valence-corrected chi connectivity index (χ4v) is 5.63. The van der Waals surface area contributed by atoms with Gasteiger partial charge in [-0.1, -0.05) is 36.4 Å². The number of pyridine rings is 1. The maximum Gasteiger partial charge on any atom is 0.177 e. The number of imidazole rings is 1. The van der Waals surface area contributed by atoms with Gasteiger partial charge < -0.3 is 19.5 Å². The van der Waals surface area contributed by atoms with Crippen molar-refractivity contribution in [3.63, 3.8) is 0 Å². The van der Waals surface area contributed by atoms with Crippen LogP contribution in [0.2, 0.25) is 0 Å². The second-order valence-electron chi connectivity index (χ2n) is 10.9. The molecule has 5 aromatic rings. The number of aromatic amines is 1. The van der Waals surface area contributed by atoms with Crippen LogP contribution >= 0.6 is 0 Å². The molecule has 8 heteroatoms. The summed E-state index contributed by atoms with van der Waals surface area (Å²) < 4.78 is 6.18. The molecule has 1 aliphatic heterocycles. The third-order valence-electron chi connectivity index (χ3n) is 8.22. The Bertz CT molecular complexity index is 1680. The lowest BCUT2D eigenvalue weighted by Gasteiger charge is -2.30. The Morgan fingerprint density at radius 2 is 1.88 bits per heavy atom. The van der Waals surface area contributed by atoms with Gasteiger partial charge in [0, 0.05) is 42.4 Å². The van der Waals surface area contributed by atoms with Gasteiger partial charge in [-0.25, -0.2) is 19.9 Å². The zero-order valence-corrected chi connectivity index (χ0v) is 23.1. The molecule has 1 aliphatic carbocycles. The molecule has 2 aromatic carbocycles. The predicted molar refractivity (Wildman–Crippen MR) is 158 cm³/mol. The molecule has 7 rings (SSSR count). The third kappa shape index (κ3) is 4.53. The zero-order chi connectivity index (χ0) is 27.2. The van der Waals surface area contributed by atoms with E-state index in [4.69, 9.17) is 9.72 Å². The average Bonchev–Trinajstić information content (AvgIpc) is 3.78. The summed E-state index contributed by atoms with van der Waals surface area (Å²) >= 11 is 0. The van der Waals surface area contributed by atoms with E-state index in [0.29, 0.717) is 19.1 Å². The van der Waals surface area contributed by atoms with Gasteiger partial charge in [0.2, 0.25) is 0 Å². The fraction of sp³-hybridized carbons (Fsp3) is 0.312. The summed E-state index contributed by atoms with van der Waals surface area (Å²) in [6.07, 6.45) is 6.02. The van der Waals surface area contributed by atoms with Gasteiger partial charge in [0.25, 0.3) is 0 Å². The van der Waals surface area contributed by atoms with Crippen molar-refractivity contribution in [2.75, 3.05) is 30.0 Å². The first-order valence-corrected chi connectivity index (χ1v) is 14.0. The Morgan fingerprint density at radius 1 is 1.02 bits per heavy atom. The van der Waals surface area contributed by atoms with Gasteiger partial charge in [0.15, 0.2) is 5.65 Å². The number of aromatic nitrogens is 5. The van der Waals surface area contributed by atoms with E-state index in [2.05, 4.69) is 99.2 Å². The van der Waals surface area contributed by atoms with Crippen molar-refractivity contribution < 1.29 is 4.74 Å². The molecule has 1 atom stereocenters. The van der Waals surface area contributed by atoms with Crippen molar-refractivity contribution in [3.8, 4) is 16.9 Å². The van der Waals surface area contributed by atoms with Crippen LogP contribution in [0.4, 0.5) is 11.6 Å². The van der Waals surface area contributed by atoms with Crippen molar-refractivity contribution >= 4 is 22.8 Å². The molecule has 1 N–H and O–H groups in total. The maximum atomic E-state index is 6.18. The molecular formula is C32H33N7O. The molecule has 1 fully saturated rings. The van der Waals surface area contributed by atoms with Crippen molar-refractivity contribution in [3.05, 3.63) is 89.6 Å². The number of ether oxygens (including phenoxy) is 1. The SMILES string of the molecule is Cc1c(N2CCOc3ccc(-c4cnc5nc(C6CC6)[nH]c5c4)cc3C2)ncnc1N(C)[C@@H](C)c1ccccc1. The molecular weight excluding hydrogens is 498 g/mol. The molecule has 0 unspecified atom stereocenters. The predicted octanol–water partition coefficient (Wildman–Crippen LogP) is 6.20. The monoisotopic (exact) mass is 531 g/mol. The fourth-order valence-electron chi connectivity index (χ4n) is 5.63.